The molecule has 0 aromatic rings. The molecular weight excluding hydrogens is 460 g/mol. The van der Waals surface area contributed by atoms with Crippen molar-refractivity contribution < 1.29 is 62.6 Å². The molecule has 192 valence electrons. The highest BCUT2D eigenvalue weighted by molar-refractivity contribution is 5.60. The normalized spacial score (nSPS) is 11.3. The van der Waals surface area contributed by atoms with Gasteiger partial charge in [0.15, 0.2) is 0 Å². The van der Waals surface area contributed by atoms with Crippen LogP contribution >= 0.6 is 0 Å². The first-order valence-electron chi connectivity index (χ1n) is 9.45. The fourth-order valence-electron chi connectivity index (χ4n) is 2.01. The van der Waals surface area contributed by atoms with E-state index in [9.17, 15) is 29.8 Å². The second kappa shape index (κ2) is 15.6. The van der Waals surface area contributed by atoms with Crippen molar-refractivity contribution in [3.8, 4) is 0 Å². The third-order valence-corrected chi connectivity index (χ3v) is 2.89. The highest BCUT2D eigenvalue weighted by atomic mass is 17.0. The fraction of sp³-hybridized carbons (Fsp3) is 0.875. The summed E-state index contributed by atoms with van der Waals surface area (Å²) < 4.78 is 34.9. The van der Waals surface area contributed by atoms with E-state index in [1.165, 1.54) is 27.7 Å². The van der Waals surface area contributed by atoms with E-state index >= 15 is 0 Å². The van der Waals surface area contributed by atoms with Gasteiger partial charge in [-0.15, -0.1) is 20.2 Å². The average Bonchev–Trinajstić information content (AvgIpc) is 2.64. The molecule has 0 radical (unpaired) electrons. The molecule has 0 saturated heterocycles. The summed E-state index contributed by atoms with van der Waals surface area (Å²) in [5.74, 6) is -3.14. The van der Waals surface area contributed by atoms with E-state index < -0.39 is 34.1 Å². The Balaban J connectivity index is 4.07. The molecule has 0 unspecified atom stereocenters. The molecule has 0 aliphatic carbocycles. The zero-order chi connectivity index (χ0) is 25.3. The van der Waals surface area contributed by atoms with Gasteiger partial charge in [0.1, 0.15) is 26.4 Å². The SMILES string of the molecule is CC(C)(OC(=O)OCCOCCO[N+](=O)[O-])OC(C)(C)OC(=O)OCCOCCO[N+](=O)[O-]. The van der Waals surface area contributed by atoms with Crippen LogP contribution < -0.4 is 0 Å². The number of hydrogen-bond acceptors (Lipinski definition) is 15. The Kier molecular flexibility index (Phi) is 14.1. The van der Waals surface area contributed by atoms with Gasteiger partial charge in [0, 0.05) is 27.7 Å². The van der Waals surface area contributed by atoms with Gasteiger partial charge in [0.2, 0.25) is 11.6 Å². The van der Waals surface area contributed by atoms with Crippen LogP contribution in [0.5, 0.6) is 0 Å². The molecule has 0 rings (SSSR count). The van der Waals surface area contributed by atoms with E-state index in [-0.39, 0.29) is 52.9 Å². The minimum Gasteiger partial charge on any atom is -0.432 e. The minimum atomic E-state index is -1.57. The van der Waals surface area contributed by atoms with Crippen LogP contribution in [0.25, 0.3) is 0 Å². The van der Waals surface area contributed by atoms with Crippen LogP contribution in [0.15, 0.2) is 0 Å². The number of nitrogens with zero attached hydrogens (tertiary/aromatic N) is 2. The molecule has 0 aliphatic heterocycles. The largest absolute Gasteiger partial charge is 0.510 e. The number of rotatable bonds is 18. The number of carbonyl (C=O) groups excluding carboxylic acids is 2. The van der Waals surface area contributed by atoms with Crippen LogP contribution in [0.3, 0.4) is 0 Å². The van der Waals surface area contributed by atoms with Crippen molar-refractivity contribution in [1.29, 1.82) is 0 Å². The van der Waals surface area contributed by atoms with E-state index in [1.807, 2.05) is 0 Å². The molecule has 0 saturated carbocycles. The van der Waals surface area contributed by atoms with Gasteiger partial charge in [0.05, 0.1) is 26.4 Å². The van der Waals surface area contributed by atoms with E-state index in [4.69, 9.17) is 33.2 Å². The van der Waals surface area contributed by atoms with Crippen LogP contribution in [0.2, 0.25) is 0 Å². The maximum atomic E-state index is 11.7. The molecule has 0 atom stereocenters. The Hall–Kier alpha value is -3.18. The van der Waals surface area contributed by atoms with Crippen LogP contribution in [0.1, 0.15) is 27.7 Å². The second-order valence-electron chi connectivity index (χ2n) is 6.64. The van der Waals surface area contributed by atoms with Gasteiger partial charge >= 0.3 is 12.3 Å². The zero-order valence-corrected chi connectivity index (χ0v) is 18.7. The Labute approximate surface area is 188 Å². The van der Waals surface area contributed by atoms with Crippen molar-refractivity contribution >= 4 is 12.3 Å². The van der Waals surface area contributed by atoms with E-state index in [0.717, 1.165) is 0 Å². The van der Waals surface area contributed by atoms with E-state index in [0.29, 0.717) is 0 Å². The molecule has 0 bridgehead atoms. The van der Waals surface area contributed by atoms with Crippen molar-refractivity contribution in [2.24, 2.45) is 0 Å². The molecule has 17 nitrogen and oxygen atoms in total. The standard InChI is InChI=1S/C16H28N2O15/c1-15(2,31-13(19)27-9-5-25-7-11-29-17(21)22)33-16(3,4)32-14(20)28-10-6-26-8-12-30-18(23)24/h5-12H2,1-4H3. The highest BCUT2D eigenvalue weighted by Gasteiger charge is 2.36. The summed E-state index contributed by atoms with van der Waals surface area (Å²) in [7, 11) is 0. The molecule has 33 heavy (non-hydrogen) atoms. The first kappa shape index (κ1) is 29.8. The molecule has 0 amide bonds. The highest BCUT2D eigenvalue weighted by Crippen LogP contribution is 2.23. The van der Waals surface area contributed by atoms with Gasteiger partial charge in [0.25, 0.3) is 10.2 Å². The third-order valence-electron chi connectivity index (χ3n) is 2.89. The lowest BCUT2D eigenvalue weighted by Gasteiger charge is -2.33. The van der Waals surface area contributed by atoms with Crippen molar-refractivity contribution in [3.05, 3.63) is 20.2 Å². The van der Waals surface area contributed by atoms with Gasteiger partial charge in [-0.25, -0.2) is 9.59 Å². The van der Waals surface area contributed by atoms with Crippen molar-refractivity contribution in [3.63, 3.8) is 0 Å². The number of carbonyl (C=O) groups is 2. The van der Waals surface area contributed by atoms with Crippen molar-refractivity contribution in [2.45, 2.75) is 39.3 Å². The summed E-state index contributed by atoms with van der Waals surface area (Å²) >= 11 is 0. The van der Waals surface area contributed by atoms with Crippen LogP contribution in [0, 0.1) is 20.2 Å². The maximum Gasteiger partial charge on any atom is 0.510 e. The third kappa shape index (κ3) is 19.2. The van der Waals surface area contributed by atoms with Gasteiger partial charge in [-0.05, 0) is 0 Å². The molecule has 0 N–H and O–H groups in total. The van der Waals surface area contributed by atoms with Crippen LogP contribution in [0.4, 0.5) is 9.59 Å². The monoisotopic (exact) mass is 488 g/mol. The molecule has 0 aromatic heterocycles. The van der Waals surface area contributed by atoms with Gasteiger partial charge < -0.3 is 38.1 Å². The van der Waals surface area contributed by atoms with E-state index in [2.05, 4.69) is 9.68 Å². The first-order valence-corrected chi connectivity index (χ1v) is 9.45. The summed E-state index contributed by atoms with van der Waals surface area (Å²) in [5.41, 5.74) is 0. The molecular formula is C16H28N2O15. The maximum absolute atomic E-state index is 11.7. The number of hydrogen-bond donors (Lipinski definition) is 0. The summed E-state index contributed by atoms with van der Waals surface area (Å²) in [5, 5.41) is 18.0. The average molecular weight is 488 g/mol. The number of ether oxygens (including phenoxy) is 7. The molecule has 0 aliphatic rings. The molecule has 0 fully saturated rings. The smallest absolute Gasteiger partial charge is 0.432 e. The lowest BCUT2D eigenvalue weighted by atomic mass is 10.3. The quantitative estimate of drug-likeness (QED) is 0.0874. The Bertz CT molecular complexity index is 573. The topological polar surface area (TPSA) is 203 Å². The van der Waals surface area contributed by atoms with Crippen LogP contribution in [-0.2, 0) is 42.8 Å². The predicted molar refractivity (Wildman–Crippen MR) is 102 cm³/mol. The Morgan fingerprint density at radius 1 is 0.636 bits per heavy atom. The minimum absolute atomic E-state index is 0.0512. The molecule has 0 spiro atoms. The van der Waals surface area contributed by atoms with Gasteiger partial charge in [-0.1, -0.05) is 0 Å². The zero-order valence-electron chi connectivity index (χ0n) is 18.7. The van der Waals surface area contributed by atoms with Gasteiger partial charge in [-0.3, -0.25) is 4.74 Å². The molecule has 0 aromatic carbocycles. The Morgan fingerprint density at radius 2 is 0.970 bits per heavy atom. The summed E-state index contributed by atoms with van der Waals surface area (Å²) in [6, 6.07) is 0. The predicted octanol–water partition coefficient (Wildman–Crippen LogP) is 1.23. The van der Waals surface area contributed by atoms with Gasteiger partial charge in [-0.2, -0.15) is 0 Å². The summed E-state index contributed by atoms with van der Waals surface area (Å²) in [4.78, 5) is 51.4. The fourth-order valence-corrected chi connectivity index (χ4v) is 2.01. The Morgan fingerprint density at radius 3 is 1.30 bits per heavy atom. The molecule has 17 heteroatoms. The van der Waals surface area contributed by atoms with Crippen molar-refractivity contribution in [1.82, 2.24) is 0 Å². The lowest BCUT2D eigenvalue weighted by Crippen LogP contribution is -2.43. The summed E-state index contributed by atoms with van der Waals surface area (Å²) in [6.07, 6.45) is -2.19. The summed E-state index contributed by atoms with van der Waals surface area (Å²) in [6.45, 7) is 4.33. The lowest BCUT2D eigenvalue weighted by molar-refractivity contribution is -0.758. The second-order valence-corrected chi connectivity index (χ2v) is 6.64. The van der Waals surface area contributed by atoms with Crippen molar-refractivity contribution in [2.75, 3.05) is 52.9 Å². The van der Waals surface area contributed by atoms with Crippen LogP contribution in [-0.4, -0.2) is 86.9 Å². The van der Waals surface area contributed by atoms with E-state index in [1.54, 1.807) is 0 Å². The molecule has 0 heterocycles. The first-order chi connectivity index (χ1) is 15.3.